The van der Waals surface area contributed by atoms with E-state index in [1.165, 1.54) is 0 Å². The summed E-state index contributed by atoms with van der Waals surface area (Å²) < 4.78 is 5.68. The number of carbonyl (C=O) groups is 3. The number of aliphatic carboxylic acids is 1. The molecule has 0 bridgehead atoms. The van der Waals surface area contributed by atoms with Crippen molar-refractivity contribution in [3.63, 3.8) is 0 Å². The van der Waals surface area contributed by atoms with Gasteiger partial charge in [0.2, 0.25) is 5.54 Å². The minimum absolute atomic E-state index is 0.0372. The lowest BCUT2D eigenvalue weighted by Gasteiger charge is -2.32. The van der Waals surface area contributed by atoms with Gasteiger partial charge >= 0.3 is 11.9 Å². The summed E-state index contributed by atoms with van der Waals surface area (Å²) in [5.74, 6) is -3.21. The Balaban J connectivity index is 1.45. The summed E-state index contributed by atoms with van der Waals surface area (Å²) in [6.07, 6.45) is -0.211. The number of carboxylic acids is 1. The van der Waals surface area contributed by atoms with E-state index >= 15 is 0 Å². The molecule has 172 valence electrons. The molecule has 1 saturated heterocycles. The molecule has 1 aliphatic heterocycles. The van der Waals surface area contributed by atoms with Gasteiger partial charge in [0.15, 0.2) is 0 Å². The predicted molar refractivity (Wildman–Crippen MR) is 125 cm³/mol. The van der Waals surface area contributed by atoms with Gasteiger partial charge in [0.1, 0.15) is 6.61 Å². The van der Waals surface area contributed by atoms with Gasteiger partial charge in [0.25, 0.3) is 5.91 Å². The Morgan fingerprint density at radius 2 is 1.47 bits per heavy atom. The van der Waals surface area contributed by atoms with E-state index in [-0.39, 0.29) is 31.1 Å². The number of benzene rings is 3. The third-order valence-corrected chi connectivity index (χ3v) is 6.74. The molecule has 1 fully saturated rings. The lowest BCUT2D eigenvalue weighted by molar-refractivity contribution is -0.168. The average molecular weight is 456 g/mol. The average Bonchev–Trinajstić information content (AvgIpc) is 3.38. The van der Waals surface area contributed by atoms with Crippen molar-refractivity contribution >= 4 is 17.8 Å². The standard InChI is InChI=1S/C27H24N2O5/c28-18-14-27(25(31)32,29(15-18)24(30)17-8-2-1-3-9-17)26(33)34-16-23-21-12-6-4-10-19(21)20-11-5-7-13-22(20)23/h1-13,18,23H,14-16,28H2,(H,31,32)/t18-,27-/m0/s1. The molecule has 0 unspecified atom stereocenters. The van der Waals surface area contributed by atoms with Crippen molar-refractivity contribution in [2.75, 3.05) is 13.2 Å². The minimum atomic E-state index is -2.18. The van der Waals surface area contributed by atoms with Gasteiger partial charge in [-0.3, -0.25) is 4.79 Å². The van der Waals surface area contributed by atoms with Gasteiger partial charge < -0.3 is 20.5 Å². The number of carbonyl (C=O) groups excluding carboxylic acids is 2. The predicted octanol–water partition coefficient (Wildman–Crippen LogP) is 3.04. The number of nitrogens with zero attached hydrogens (tertiary/aromatic N) is 1. The molecule has 2 aliphatic rings. The van der Waals surface area contributed by atoms with Gasteiger partial charge in [-0.1, -0.05) is 66.7 Å². The zero-order valence-corrected chi connectivity index (χ0v) is 18.4. The van der Waals surface area contributed by atoms with E-state index in [1.807, 2.05) is 48.5 Å². The van der Waals surface area contributed by atoms with Crippen LogP contribution in [0.2, 0.25) is 0 Å². The van der Waals surface area contributed by atoms with Crippen LogP contribution < -0.4 is 5.73 Å². The molecule has 3 N–H and O–H groups in total. The topological polar surface area (TPSA) is 110 Å². The number of amides is 1. The lowest BCUT2D eigenvalue weighted by atomic mass is 9.93. The zero-order chi connectivity index (χ0) is 23.9. The Hall–Kier alpha value is -3.97. The molecule has 1 aliphatic carbocycles. The van der Waals surface area contributed by atoms with Crippen LogP contribution in [0.25, 0.3) is 11.1 Å². The number of esters is 1. The van der Waals surface area contributed by atoms with Crippen molar-refractivity contribution in [3.05, 3.63) is 95.6 Å². The van der Waals surface area contributed by atoms with Crippen LogP contribution in [0, 0.1) is 0 Å². The van der Waals surface area contributed by atoms with E-state index in [1.54, 1.807) is 30.3 Å². The van der Waals surface area contributed by atoms with Crippen LogP contribution in [0.1, 0.15) is 33.8 Å². The van der Waals surface area contributed by atoms with Gasteiger partial charge in [-0.25, -0.2) is 9.59 Å². The first-order valence-corrected chi connectivity index (χ1v) is 11.1. The van der Waals surface area contributed by atoms with E-state index in [2.05, 4.69) is 0 Å². The second kappa shape index (κ2) is 8.43. The smallest absolute Gasteiger partial charge is 0.344 e. The van der Waals surface area contributed by atoms with Gasteiger partial charge in [-0.15, -0.1) is 0 Å². The number of hydrogen-bond donors (Lipinski definition) is 2. The van der Waals surface area contributed by atoms with Crippen LogP contribution in [0.4, 0.5) is 0 Å². The highest BCUT2D eigenvalue weighted by Gasteiger charge is 2.60. The van der Waals surface area contributed by atoms with Gasteiger partial charge in [0, 0.05) is 30.5 Å². The van der Waals surface area contributed by atoms with Crippen LogP contribution in [0.3, 0.4) is 0 Å². The van der Waals surface area contributed by atoms with Crippen molar-refractivity contribution in [2.24, 2.45) is 5.73 Å². The number of ether oxygens (including phenoxy) is 1. The highest BCUT2D eigenvalue weighted by Crippen LogP contribution is 2.45. The third-order valence-electron chi connectivity index (χ3n) is 6.74. The largest absolute Gasteiger partial charge is 0.479 e. The van der Waals surface area contributed by atoms with Crippen LogP contribution in [-0.2, 0) is 14.3 Å². The third kappa shape index (κ3) is 3.36. The first kappa shape index (κ1) is 21.9. The maximum absolute atomic E-state index is 13.4. The summed E-state index contributed by atoms with van der Waals surface area (Å²) in [4.78, 5) is 40.2. The Kier molecular flexibility index (Phi) is 5.42. The number of fused-ring (bicyclic) bond motifs is 3. The fourth-order valence-electron chi connectivity index (χ4n) is 5.14. The summed E-state index contributed by atoms with van der Waals surface area (Å²) in [5.41, 5.74) is 8.34. The van der Waals surface area contributed by atoms with E-state index in [0.29, 0.717) is 0 Å². The lowest BCUT2D eigenvalue weighted by Crippen LogP contribution is -2.59. The fourth-order valence-corrected chi connectivity index (χ4v) is 5.14. The summed E-state index contributed by atoms with van der Waals surface area (Å²) in [5, 5.41) is 10.2. The van der Waals surface area contributed by atoms with E-state index < -0.39 is 29.4 Å². The molecule has 0 spiro atoms. The summed E-state index contributed by atoms with van der Waals surface area (Å²) in [7, 11) is 0. The Morgan fingerprint density at radius 1 is 0.912 bits per heavy atom. The van der Waals surface area contributed by atoms with Crippen molar-refractivity contribution in [1.29, 1.82) is 0 Å². The Labute approximate surface area is 196 Å². The molecule has 34 heavy (non-hydrogen) atoms. The van der Waals surface area contributed by atoms with Crippen LogP contribution in [0.15, 0.2) is 78.9 Å². The Bertz CT molecular complexity index is 1230. The van der Waals surface area contributed by atoms with Gasteiger partial charge in [-0.05, 0) is 34.4 Å². The molecular weight excluding hydrogens is 432 g/mol. The molecule has 7 nitrogen and oxygen atoms in total. The minimum Gasteiger partial charge on any atom is -0.479 e. The monoisotopic (exact) mass is 456 g/mol. The molecule has 3 aromatic carbocycles. The SMILES string of the molecule is N[C@@H]1CN(C(=O)c2ccccc2)[C@@](C(=O)O)(C(=O)OCC2c3ccccc3-c3ccccc32)C1. The number of hydrogen-bond acceptors (Lipinski definition) is 5. The molecule has 1 heterocycles. The van der Waals surface area contributed by atoms with Crippen molar-refractivity contribution in [2.45, 2.75) is 23.9 Å². The van der Waals surface area contributed by atoms with E-state index in [0.717, 1.165) is 27.2 Å². The fraction of sp³-hybridized carbons (Fsp3) is 0.222. The number of likely N-dealkylation sites (tertiary alicyclic amines) is 1. The zero-order valence-electron chi connectivity index (χ0n) is 18.4. The maximum atomic E-state index is 13.4. The number of nitrogens with two attached hydrogens (primary N) is 1. The van der Waals surface area contributed by atoms with Crippen LogP contribution in [0.5, 0.6) is 0 Å². The molecule has 2 atom stereocenters. The van der Waals surface area contributed by atoms with Crippen molar-refractivity contribution in [3.8, 4) is 11.1 Å². The molecule has 5 rings (SSSR count). The van der Waals surface area contributed by atoms with Crippen LogP contribution in [-0.4, -0.2) is 52.6 Å². The molecule has 3 aromatic rings. The molecular formula is C27H24N2O5. The molecule has 0 saturated carbocycles. The summed E-state index contributed by atoms with van der Waals surface area (Å²) in [6, 6.07) is 23.4. The first-order chi connectivity index (χ1) is 16.4. The molecule has 1 amide bonds. The molecule has 7 heteroatoms. The second-order valence-corrected chi connectivity index (χ2v) is 8.74. The normalized spacial score (nSPS) is 21.1. The van der Waals surface area contributed by atoms with Crippen LogP contribution >= 0.6 is 0 Å². The molecule has 0 radical (unpaired) electrons. The highest BCUT2D eigenvalue weighted by atomic mass is 16.5. The summed E-state index contributed by atoms with van der Waals surface area (Å²) in [6.45, 7) is -0.0886. The van der Waals surface area contributed by atoms with E-state index in [9.17, 15) is 19.5 Å². The number of rotatable bonds is 5. The summed E-state index contributed by atoms with van der Waals surface area (Å²) >= 11 is 0. The van der Waals surface area contributed by atoms with E-state index in [4.69, 9.17) is 10.5 Å². The second-order valence-electron chi connectivity index (χ2n) is 8.74. The quantitative estimate of drug-likeness (QED) is 0.451. The maximum Gasteiger partial charge on any atom is 0.344 e. The Morgan fingerprint density at radius 3 is 2.06 bits per heavy atom. The molecule has 0 aromatic heterocycles. The van der Waals surface area contributed by atoms with Crippen molar-refractivity contribution < 1.29 is 24.2 Å². The van der Waals surface area contributed by atoms with Gasteiger partial charge in [0.05, 0.1) is 0 Å². The van der Waals surface area contributed by atoms with Crippen molar-refractivity contribution in [1.82, 2.24) is 4.90 Å². The van der Waals surface area contributed by atoms with Gasteiger partial charge in [-0.2, -0.15) is 0 Å². The number of carboxylic acid groups (broad SMARTS) is 1. The highest BCUT2D eigenvalue weighted by molar-refractivity contribution is 6.10. The first-order valence-electron chi connectivity index (χ1n) is 11.1.